The average molecular weight is 375 g/mol. The molecule has 1 atom stereocenters. The van der Waals surface area contributed by atoms with Crippen molar-refractivity contribution in [3.05, 3.63) is 28.2 Å². The molecule has 0 saturated heterocycles. The van der Waals surface area contributed by atoms with Crippen molar-refractivity contribution in [2.75, 3.05) is 18.3 Å². The highest BCUT2D eigenvalue weighted by Crippen LogP contribution is 2.33. The summed E-state index contributed by atoms with van der Waals surface area (Å²) >= 11 is 2.93. The topological polar surface area (TPSA) is 58.2 Å². The molecule has 0 saturated carbocycles. The Hall–Kier alpha value is -0.800. The minimum atomic E-state index is -4.54. The lowest BCUT2D eigenvalue weighted by Crippen LogP contribution is -2.33. The molecule has 2 N–H and O–H groups in total. The lowest BCUT2D eigenvalue weighted by molar-refractivity contribution is -0.137. The Morgan fingerprint density at radius 2 is 1.90 bits per heavy atom. The van der Waals surface area contributed by atoms with Crippen LogP contribution in [0.3, 0.4) is 0 Å². The van der Waals surface area contributed by atoms with E-state index in [9.17, 15) is 21.6 Å². The molecule has 4 nitrogen and oxygen atoms in total. The maximum Gasteiger partial charge on any atom is 0.416 e. The third-order valence-electron chi connectivity index (χ3n) is 2.51. The van der Waals surface area contributed by atoms with Gasteiger partial charge in [-0.05, 0) is 32.2 Å². The van der Waals surface area contributed by atoms with E-state index < -0.39 is 27.0 Å². The second-order valence-corrected chi connectivity index (χ2v) is 7.26. The largest absolute Gasteiger partial charge is 0.416 e. The third-order valence-corrected chi connectivity index (χ3v) is 4.71. The fourth-order valence-electron chi connectivity index (χ4n) is 1.47. The molecule has 0 aliphatic rings. The van der Waals surface area contributed by atoms with Gasteiger partial charge in [0.1, 0.15) is 0 Å². The minimum absolute atomic E-state index is 0.130. The van der Waals surface area contributed by atoms with Crippen LogP contribution >= 0.6 is 15.9 Å². The number of hydrogen-bond donors (Lipinski definition) is 2. The number of nitrogens with one attached hydrogen (secondary N) is 2. The van der Waals surface area contributed by atoms with Crippen LogP contribution in [0.4, 0.5) is 18.9 Å². The van der Waals surface area contributed by atoms with Gasteiger partial charge in [0, 0.05) is 11.0 Å². The summed E-state index contributed by atoms with van der Waals surface area (Å²) in [5, 5.41) is 1.92. The fraction of sp³-hybridized carbons (Fsp3) is 0.455. The summed E-state index contributed by atoms with van der Waals surface area (Å²) < 4.78 is 64.1. The molecule has 0 radical (unpaired) electrons. The van der Waals surface area contributed by atoms with Gasteiger partial charge in [-0.1, -0.05) is 15.9 Å². The molecule has 9 heteroatoms. The number of sulfonamides is 1. The van der Waals surface area contributed by atoms with Gasteiger partial charge in [-0.2, -0.15) is 13.2 Å². The van der Waals surface area contributed by atoms with Crippen molar-refractivity contribution in [2.24, 2.45) is 0 Å². The van der Waals surface area contributed by atoms with Gasteiger partial charge >= 0.3 is 6.18 Å². The average Bonchev–Trinajstić information content (AvgIpc) is 2.26. The van der Waals surface area contributed by atoms with Crippen LogP contribution in [0.15, 0.2) is 22.7 Å². The number of alkyl halides is 3. The van der Waals surface area contributed by atoms with Gasteiger partial charge < -0.3 is 5.32 Å². The van der Waals surface area contributed by atoms with E-state index in [-0.39, 0.29) is 16.7 Å². The zero-order valence-electron chi connectivity index (χ0n) is 10.8. The molecule has 0 amide bonds. The minimum Gasteiger partial charge on any atom is -0.318 e. The smallest absolute Gasteiger partial charge is 0.318 e. The van der Waals surface area contributed by atoms with Gasteiger partial charge in [0.25, 0.3) is 0 Å². The highest BCUT2D eigenvalue weighted by Gasteiger charge is 2.31. The molecular formula is C11H14BrF3N2O2S. The SMILES string of the molecule is CNCC(C)S(=O)(=O)Nc1cc(Br)cc(C(F)(F)F)c1. The molecule has 1 aromatic carbocycles. The predicted molar refractivity (Wildman–Crippen MR) is 75.1 cm³/mol. The van der Waals surface area contributed by atoms with E-state index >= 15 is 0 Å². The number of halogens is 4. The maximum atomic E-state index is 12.7. The van der Waals surface area contributed by atoms with E-state index in [0.29, 0.717) is 0 Å². The molecule has 0 heterocycles. The van der Waals surface area contributed by atoms with Crippen LogP contribution in [0.1, 0.15) is 12.5 Å². The normalized spacial score (nSPS) is 14.1. The second kappa shape index (κ2) is 6.31. The first kappa shape index (κ1) is 17.3. The Bertz CT molecular complexity index is 576. The Kier molecular flexibility index (Phi) is 5.45. The molecular weight excluding hydrogens is 361 g/mol. The zero-order chi connectivity index (χ0) is 15.6. The first-order valence-corrected chi connectivity index (χ1v) is 7.94. The maximum absolute atomic E-state index is 12.7. The molecule has 0 spiro atoms. The van der Waals surface area contributed by atoms with Crippen LogP contribution in [0.25, 0.3) is 0 Å². The van der Waals surface area contributed by atoms with Crippen LogP contribution in [-0.4, -0.2) is 27.3 Å². The fourth-order valence-corrected chi connectivity index (χ4v) is 3.00. The Balaban J connectivity index is 3.07. The summed E-state index contributed by atoms with van der Waals surface area (Å²) in [6, 6.07) is 2.92. The summed E-state index contributed by atoms with van der Waals surface area (Å²) in [7, 11) is -2.17. The highest BCUT2D eigenvalue weighted by molar-refractivity contribution is 9.10. The van der Waals surface area contributed by atoms with Gasteiger partial charge in [0.15, 0.2) is 0 Å². The molecule has 1 aromatic rings. The summed E-state index contributed by atoms with van der Waals surface area (Å²) in [6.07, 6.45) is -4.54. The Morgan fingerprint density at radius 1 is 1.30 bits per heavy atom. The number of hydrogen-bond acceptors (Lipinski definition) is 3. The van der Waals surface area contributed by atoms with Crippen molar-refractivity contribution in [1.82, 2.24) is 5.32 Å². The summed E-state index contributed by atoms with van der Waals surface area (Å²) in [5.41, 5.74) is -1.06. The van der Waals surface area contributed by atoms with E-state index in [0.717, 1.165) is 12.1 Å². The summed E-state index contributed by atoms with van der Waals surface area (Å²) in [5.74, 6) is 0. The van der Waals surface area contributed by atoms with Crippen LogP contribution in [-0.2, 0) is 16.2 Å². The quantitative estimate of drug-likeness (QED) is 0.832. The molecule has 0 fully saturated rings. The third kappa shape index (κ3) is 4.64. The van der Waals surface area contributed by atoms with Crippen molar-refractivity contribution in [3.8, 4) is 0 Å². The van der Waals surface area contributed by atoms with E-state index in [4.69, 9.17) is 0 Å². The molecule has 1 rings (SSSR count). The van der Waals surface area contributed by atoms with Gasteiger partial charge in [-0.25, -0.2) is 8.42 Å². The van der Waals surface area contributed by atoms with Crippen molar-refractivity contribution < 1.29 is 21.6 Å². The number of anilines is 1. The summed E-state index contributed by atoms with van der Waals surface area (Å²) in [6.45, 7) is 1.65. The molecule has 114 valence electrons. The zero-order valence-corrected chi connectivity index (χ0v) is 13.2. The Morgan fingerprint density at radius 3 is 2.40 bits per heavy atom. The number of benzene rings is 1. The van der Waals surface area contributed by atoms with Crippen molar-refractivity contribution in [2.45, 2.75) is 18.3 Å². The standard InChI is InChI=1S/C11H14BrF3N2O2S/c1-7(6-16-2)20(18,19)17-10-4-8(11(13,14)15)3-9(12)5-10/h3-5,7,16-17H,6H2,1-2H3. The van der Waals surface area contributed by atoms with E-state index in [2.05, 4.69) is 26.0 Å². The molecule has 0 bridgehead atoms. The highest BCUT2D eigenvalue weighted by atomic mass is 79.9. The van der Waals surface area contributed by atoms with Gasteiger partial charge in [-0.15, -0.1) is 0 Å². The molecule has 1 unspecified atom stereocenters. The first-order chi connectivity index (χ1) is 9.06. The van der Waals surface area contributed by atoms with E-state index in [1.165, 1.54) is 13.0 Å². The predicted octanol–water partition coefficient (Wildman–Crippen LogP) is 2.82. The molecule has 0 aliphatic heterocycles. The van der Waals surface area contributed by atoms with Crippen molar-refractivity contribution >= 4 is 31.6 Å². The van der Waals surface area contributed by atoms with Crippen LogP contribution in [0, 0.1) is 0 Å². The van der Waals surface area contributed by atoms with Crippen molar-refractivity contribution in [3.63, 3.8) is 0 Å². The van der Waals surface area contributed by atoms with Crippen LogP contribution < -0.4 is 10.0 Å². The monoisotopic (exact) mass is 374 g/mol. The lowest BCUT2D eigenvalue weighted by Gasteiger charge is -2.16. The van der Waals surface area contributed by atoms with Gasteiger partial charge in [0.2, 0.25) is 10.0 Å². The lowest BCUT2D eigenvalue weighted by atomic mass is 10.2. The molecule has 20 heavy (non-hydrogen) atoms. The van der Waals surface area contributed by atoms with Gasteiger partial charge in [0.05, 0.1) is 16.5 Å². The summed E-state index contributed by atoms with van der Waals surface area (Å²) in [4.78, 5) is 0. The first-order valence-electron chi connectivity index (χ1n) is 5.60. The van der Waals surface area contributed by atoms with Crippen LogP contribution in [0.2, 0.25) is 0 Å². The van der Waals surface area contributed by atoms with Crippen LogP contribution in [0.5, 0.6) is 0 Å². The number of rotatable bonds is 5. The van der Waals surface area contributed by atoms with Gasteiger partial charge in [-0.3, -0.25) is 4.72 Å². The van der Waals surface area contributed by atoms with E-state index in [1.54, 1.807) is 7.05 Å². The van der Waals surface area contributed by atoms with Crippen molar-refractivity contribution in [1.29, 1.82) is 0 Å². The molecule has 0 aromatic heterocycles. The molecule has 0 aliphatic carbocycles. The van der Waals surface area contributed by atoms with E-state index in [1.807, 2.05) is 0 Å². The second-order valence-electron chi connectivity index (χ2n) is 4.24. The Labute approximate surface area is 123 Å².